The molecule has 4 aromatic carbocycles. The van der Waals surface area contributed by atoms with Crippen LogP contribution in [0.1, 0.15) is 16.7 Å². The van der Waals surface area contributed by atoms with Crippen LogP contribution in [0.5, 0.6) is 17.2 Å². The molecular weight excluding hydrogens is 634 g/mol. The molecule has 0 atom stereocenters. The fourth-order valence-corrected chi connectivity index (χ4v) is 5.87. The molecule has 0 spiro atoms. The first-order chi connectivity index (χ1) is 22.9. The van der Waals surface area contributed by atoms with E-state index in [-0.39, 0.29) is 11.1 Å². The van der Waals surface area contributed by atoms with E-state index in [1.54, 1.807) is 43.6 Å². The third-order valence-corrected chi connectivity index (χ3v) is 7.91. The molecule has 0 saturated heterocycles. The molecule has 7 rings (SSSR count). The highest BCUT2D eigenvalue weighted by atomic mass is 19.4. The summed E-state index contributed by atoms with van der Waals surface area (Å²) in [6, 6.07) is 25.0. The summed E-state index contributed by atoms with van der Waals surface area (Å²) in [6.07, 6.45) is -6.25. The molecule has 0 aliphatic rings. The van der Waals surface area contributed by atoms with Crippen LogP contribution in [0.3, 0.4) is 0 Å². The van der Waals surface area contributed by atoms with Crippen molar-refractivity contribution in [2.45, 2.75) is 19.3 Å². The summed E-state index contributed by atoms with van der Waals surface area (Å²) in [7, 11) is 1.58. The Kier molecular flexibility index (Phi) is 7.38. The fraction of sp³-hybridized carbons (Fsp3) is 0.111. The van der Waals surface area contributed by atoms with Crippen molar-refractivity contribution >= 4 is 21.8 Å². The van der Waals surface area contributed by atoms with E-state index in [9.17, 15) is 26.3 Å². The molecule has 12 heteroatoms. The van der Waals surface area contributed by atoms with Gasteiger partial charge in [-0.3, -0.25) is 4.57 Å². The van der Waals surface area contributed by atoms with Crippen molar-refractivity contribution in [2.75, 3.05) is 7.11 Å². The molecule has 7 aromatic rings. The third-order valence-electron chi connectivity index (χ3n) is 7.91. The summed E-state index contributed by atoms with van der Waals surface area (Å²) < 4.78 is 98.6. The summed E-state index contributed by atoms with van der Waals surface area (Å²) in [4.78, 5) is 4.56. The second-order valence-electron chi connectivity index (χ2n) is 11.1. The van der Waals surface area contributed by atoms with Gasteiger partial charge in [-0.1, -0.05) is 24.3 Å². The number of halogens is 6. The Morgan fingerprint density at radius 2 is 1.40 bits per heavy atom. The van der Waals surface area contributed by atoms with Crippen molar-refractivity contribution in [1.82, 2.24) is 19.3 Å². The Morgan fingerprint density at radius 1 is 0.688 bits per heavy atom. The van der Waals surface area contributed by atoms with Gasteiger partial charge in [0.15, 0.2) is 0 Å². The van der Waals surface area contributed by atoms with E-state index in [4.69, 9.17) is 9.47 Å². The van der Waals surface area contributed by atoms with Crippen molar-refractivity contribution in [1.29, 1.82) is 0 Å². The second kappa shape index (κ2) is 11.5. The van der Waals surface area contributed by atoms with Gasteiger partial charge >= 0.3 is 12.4 Å². The Bertz CT molecular complexity index is 2290. The molecular formula is C36H24F6N4O2. The fourth-order valence-electron chi connectivity index (χ4n) is 5.87. The standard InChI is InChI=1S/C36H24F6N4O2/c1-21-14-29(35(37,38)39)34(30(15-21)36(40,41)42)22-19-44-45(20-22)23-6-5-7-25(16-23)48-26-10-11-28-27-8-3-4-9-31(27)46(32(28)17-26)33-18-24(47-2)12-13-43-33/h3-20H,1-2H3. The maximum atomic E-state index is 14.0. The van der Waals surface area contributed by atoms with Gasteiger partial charge in [0.2, 0.25) is 0 Å². The predicted molar refractivity (Wildman–Crippen MR) is 169 cm³/mol. The smallest absolute Gasteiger partial charge is 0.417 e. The van der Waals surface area contributed by atoms with Gasteiger partial charge in [-0.25, -0.2) is 9.67 Å². The van der Waals surface area contributed by atoms with Crippen molar-refractivity contribution in [3.05, 3.63) is 126 Å². The Morgan fingerprint density at radius 3 is 2.12 bits per heavy atom. The average molecular weight is 659 g/mol. The van der Waals surface area contributed by atoms with Gasteiger partial charge in [0.1, 0.15) is 23.1 Å². The van der Waals surface area contributed by atoms with E-state index in [0.29, 0.717) is 40.9 Å². The van der Waals surface area contributed by atoms with Crippen LogP contribution in [0.2, 0.25) is 0 Å². The van der Waals surface area contributed by atoms with E-state index in [1.165, 1.54) is 11.6 Å². The zero-order valence-electron chi connectivity index (χ0n) is 25.3. The summed E-state index contributed by atoms with van der Waals surface area (Å²) in [5.41, 5.74) is -2.12. The molecule has 0 amide bonds. The van der Waals surface area contributed by atoms with Gasteiger partial charge in [-0.15, -0.1) is 0 Å². The maximum Gasteiger partial charge on any atom is 0.417 e. The highest BCUT2D eigenvalue weighted by molar-refractivity contribution is 6.09. The SMILES string of the molecule is COc1ccnc(-n2c3ccccc3c3ccc(Oc4cccc(-n5cc(-c6c(C(F)(F)F)cc(C)cc6C(F)(F)F)cn5)c4)cc32)c1. The lowest BCUT2D eigenvalue weighted by Gasteiger charge is -2.19. The zero-order valence-corrected chi connectivity index (χ0v) is 25.3. The number of methoxy groups -OCH3 is 1. The first kappa shape index (κ1) is 30.9. The minimum Gasteiger partial charge on any atom is -0.497 e. The third kappa shape index (κ3) is 5.59. The number of alkyl halides is 6. The minimum absolute atomic E-state index is 0.158. The number of hydrogen-bond acceptors (Lipinski definition) is 4. The van der Waals surface area contributed by atoms with Crippen LogP contribution >= 0.6 is 0 Å². The topological polar surface area (TPSA) is 54.1 Å². The van der Waals surface area contributed by atoms with Crippen molar-refractivity contribution in [3.63, 3.8) is 0 Å². The normalized spacial score (nSPS) is 12.2. The summed E-state index contributed by atoms with van der Waals surface area (Å²) in [5, 5.41) is 6.09. The van der Waals surface area contributed by atoms with Gasteiger partial charge in [0, 0.05) is 52.5 Å². The predicted octanol–water partition coefficient (Wildman–Crippen LogP) is 10.2. The highest BCUT2D eigenvalue weighted by Crippen LogP contribution is 2.45. The van der Waals surface area contributed by atoms with Crippen LogP contribution in [0.25, 0.3) is 44.4 Å². The average Bonchev–Trinajstić information content (AvgIpc) is 3.67. The molecule has 0 aliphatic carbocycles. The molecule has 6 nitrogen and oxygen atoms in total. The van der Waals surface area contributed by atoms with Crippen molar-refractivity contribution < 1.29 is 35.8 Å². The lowest BCUT2D eigenvalue weighted by Crippen LogP contribution is -2.14. The lowest BCUT2D eigenvalue weighted by atomic mass is 9.93. The molecule has 3 aromatic heterocycles. The number of fused-ring (bicyclic) bond motifs is 3. The van der Waals surface area contributed by atoms with Gasteiger partial charge < -0.3 is 9.47 Å². The number of hydrogen-bond donors (Lipinski definition) is 0. The lowest BCUT2D eigenvalue weighted by molar-refractivity contribution is -0.142. The molecule has 0 fully saturated rings. The molecule has 0 unspecified atom stereocenters. The van der Waals surface area contributed by atoms with Crippen LogP contribution in [-0.4, -0.2) is 26.4 Å². The summed E-state index contributed by atoms with van der Waals surface area (Å²) >= 11 is 0. The van der Waals surface area contributed by atoms with Gasteiger partial charge in [0.25, 0.3) is 0 Å². The summed E-state index contributed by atoms with van der Waals surface area (Å²) in [5.74, 6) is 2.14. The van der Waals surface area contributed by atoms with Crippen LogP contribution in [0, 0.1) is 6.92 Å². The number of benzene rings is 4. The first-order valence-electron chi connectivity index (χ1n) is 14.6. The molecule has 0 saturated carbocycles. The minimum atomic E-state index is -5.02. The van der Waals surface area contributed by atoms with E-state index in [0.717, 1.165) is 34.2 Å². The Hall–Kier alpha value is -5.78. The van der Waals surface area contributed by atoms with Crippen molar-refractivity contribution in [2.24, 2.45) is 0 Å². The molecule has 48 heavy (non-hydrogen) atoms. The van der Waals surface area contributed by atoms with Crippen molar-refractivity contribution in [3.8, 4) is 39.9 Å². The Labute approximate surface area is 269 Å². The van der Waals surface area contributed by atoms with E-state index >= 15 is 0 Å². The van der Waals surface area contributed by atoms with Crippen LogP contribution in [0.4, 0.5) is 26.3 Å². The number of pyridine rings is 1. The van der Waals surface area contributed by atoms with Gasteiger partial charge in [-0.2, -0.15) is 31.4 Å². The number of nitrogens with zero attached hydrogens (tertiary/aromatic N) is 4. The number of rotatable bonds is 6. The molecule has 0 N–H and O–H groups in total. The van der Waals surface area contributed by atoms with Gasteiger partial charge in [0.05, 0.1) is 41.2 Å². The quantitative estimate of drug-likeness (QED) is 0.167. The van der Waals surface area contributed by atoms with E-state index in [1.807, 2.05) is 53.1 Å². The molecule has 3 heterocycles. The first-order valence-corrected chi connectivity index (χ1v) is 14.6. The number of aromatic nitrogens is 4. The van der Waals surface area contributed by atoms with Gasteiger partial charge in [-0.05, 0) is 61.0 Å². The van der Waals surface area contributed by atoms with Crippen LogP contribution < -0.4 is 9.47 Å². The maximum absolute atomic E-state index is 14.0. The molecule has 0 radical (unpaired) electrons. The van der Waals surface area contributed by atoms with E-state index < -0.39 is 29.0 Å². The van der Waals surface area contributed by atoms with E-state index in [2.05, 4.69) is 10.1 Å². The second-order valence-corrected chi connectivity index (χ2v) is 11.1. The highest BCUT2D eigenvalue weighted by Gasteiger charge is 2.41. The van der Waals surface area contributed by atoms with Crippen LogP contribution in [-0.2, 0) is 12.4 Å². The number of para-hydroxylation sites is 1. The largest absolute Gasteiger partial charge is 0.497 e. The zero-order chi connectivity index (χ0) is 33.8. The Balaban J connectivity index is 1.26. The number of ether oxygens (including phenoxy) is 2. The monoisotopic (exact) mass is 658 g/mol. The number of aryl methyl sites for hydroxylation is 1. The molecule has 0 bridgehead atoms. The summed E-state index contributed by atoms with van der Waals surface area (Å²) in [6.45, 7) is 1.19. The molecule has 0 aliphatic heterocycles. The van der Waals surface area contributed by atoms with Crippen LogP contribution in [0.15, 0.2) is 110 Å². The molecule has 242 valence electrons.